The maximum absolute atomic E-state index is 5.75. The fourth-order valence-electron chi connectivity index (χ4n) is 3.83. The molecule has 2 aliphatic rings. The number of rotatable bonds is 6. The highest BCUT2D eigenvalue weighted by molar-refractivity contribution is 14.0. The molecule has 1 saturated heterocycles. The zero-order valence-corrected chi connectivity index (χ0v) is 18.5. The van der Waals surface area contributed by atoms with Crippen LogP contribution in [0.15, 0.2) is 29.3 Å². The van der Waals surface area contributed by atoms with E-state index in [1.54, 1.807) is 7.11 Å². The lowest BCUT2D eigenvalue weighted by Crippen LogP contribution is -2.48. The van der Waals surface area contributed by atoms with E-state index < -0.39 is 0 Å². The number of hydrogen-bond acceptors (Lipinski definition) is 3. The highest BCUT2D eigenvalue weighted by atomic mass is 127. The van der Waals surface area contributed by atoms with Crippen molar-refractivity contribution in [3.8, 4) is 5.75 Å². The monoisotopic (exact) mass is 473 g/mol. The highest BCUT2D eigenvalue weighted by Crippen LogP contribution is 2.50. The molecule has 1 aromatic rings. The van der Waals surface area contributed by atoms with Crippen LogP contribution in [0, 0.1) is 0 Å². The van der Waals surface area contributed by atoms with Crippen molar-refractivity contribution in [3.05, 3.63) is 29.8 Å². The van der Waals surface area contributed by atoms with E-state index in [1.807, 2.05) is 13.1 Å². The first-order valence-electron chi connectivity index (χ1n) is 9.43. The number of hydrogen-bond donors (Lipinski definition) is 1. The molecule has 6 heteroatoms. The van der Waals surface area contributed by atoms with Crippen LogP contribution in [-0.2, 0) is 10.2 Å². The number of para-hydroxylation sites is 1. The van der Waals surface area contributed by atoms with Crippen molar-refractivity contribution in [1.82, 2.24) is 10.2 Å². The Morgan fingerprint density at radius 1 is 1.27 bits per heavy atom. The lowest BCUT2D eigenvalue weighted by Gasteiger charge is -2.34. The zero-order chi connectivity index (χ0) is 17.7. The number of nitrogens with zero attached hydrogens (tertiary/aromatic N) is 2. The smallest absolute Gasteiger partial charge is 0.193 e. The summed E-state index contributed by atoms with van der Waals surface area (Å²) >= 11 is 0. The number of ether oxygens (including phenoxy) is 2. The van der Waals surface area contributed by atoms with Crippen molar-refractivity contribution in [2.45, 2.75) is 44.1 Å². The average Bonchev–Trinajstić information content (AvgIpc) is 3.45. The van der Waals surface area contributed by atoms with Crippen LogP contribution >= 0.6 is 24.0 Å². The van der Waals surface area contributed by atoms with E-state index in [1.165, 1.54) is 18.4 Å². The molecule has 1 heterocycles. The van der Waals surface area contributed by atoms with Gasteiger partial charge in [0.2, 0.25) is 0 Å². The summed E-state index contributed by atoms with van der Waals surface area (Å²) in [6, 6.07) is 8.39. The first-order valence-corrected chi connectivity index (χ1v) is 9.43. The van der Waals surface area contributed by atoms with Crippen molar-refractivity contribution in [2.75, 3.05) is 40.4 Å². The van der Waals surface area contributed by atoms with Gasteiger partial charge in [-0.05, 0) is 38.7 Å². The molecule has 0 aromatic heterocycles. The fraction of sp³-hybridized carbons (Fsp3) is 0.650. The summed E-state index contributed by atoms with van der Waals surface area (Å²) < 4.78 is 11.3. The molecule has 0 amide bonds. The number of guanidine groups is 1. The number of aliphatic imine (C=N–C) groups is 1. The van der Waals surface area contributed by atoms with Crippen molar-refractivity contribution in [2.24, 2.45) is 4.99 Å². The van der Waals surface area contributed by atoms with E-state index >= 15 is 0 Å². The van der Waals surface area contributed by atoms with Gasteiger partial charge in [-0.2, -0.15) is 0 Å². The maximum atomic E-state index is 5.75. The third kappa shape index (κ3) is 4.82. The van der Waals surface area contributed by atoms with Crippen LogP contribution in [-0.4, -0.2) is 57.4 Å². The van der Waals surface area contributed by atoms with Crippen LogP contribution in [0.5, 0.6) is 5.75 Å². The summed E-state index contributed by atoms with van der Waals surface area (Å²) in [6.45, 7) is 5.79. The average molecular weight is 473 g/mol. The lowest BCUT2D eigenvalue weighted by atomic mass is 9.95. The standard InChI is InChI=1S/C20H31N3O2.HI/c1-4-25-16-9-13-23(14-10-16)19(21-2)22-15-20(11-12-20)17-7-5-6-8-18(17)24-3;/h5-8,16H,4,9-15H2,1-3H3,(H,21,22);1H. The number of halogens is 1. The second-order valence-corrected chi connectivity index (χ2v) is 7.02. The SMILES string of the molecule is CCOC1CCN(C(=NC)NCC2(c3ccccc3OC)CC2)CC1.I. The van der Waals surface area contributed by atoms with Crippen LogP contribution in [0.3, 0.4) is 0 Å². The van der Waals surface area contributed by atoms with E-state index in [2.05, 4.69) is 40.3 Å². The van der Waals surface area contributed by atoms with Gasteiger partial charge in [0.1, 0.15) is 5.75 Å². The number of nitrogens with one attached hydrogen (secondary N) is 1. The minimum atomic E-state index is 0. The van der Waals surface area contributed by atoms with Gasteiger partial charge >= 0.3 is 0 Å². The largest absolute Gasteiger partial charge is 0.496 e. The molecule has 2 fully saturated rings. The number of piperidine rings is 1. The topological polar surface area (TPSA) is 46.1 Å². The van der Waals surface area contributed by atoms with E-state index in [4.69, 9.17) is 9.47 Å². The van der Waals surface area contributed by atoms with Gasteiger partial charge in [0.05, 0.1) is 13.2 Å². The maximum Gasteiger partial charge on any atom is 0.193 e. The minimum Gasteiger partial charge on any atom is -0.496 e. The molecule has 1 aliphatic carbocycles. The molecule has 0 bridgehead atoms. The summed E-state index contributed by atoms with van der Waals surface area (Å²) in [6.07, 6.45) is 4.95. The van der Waals surface area contributed by atoms with Gasteiger partial charge in [-0.3, -0.25) is 4.99 Å². The van der Waals surface area contributed by atoms with Gasteiger partial charge in [-0.15, -0.1) is 24.0 Å². The zero-order valence-electron chi connectivity index (χ0n) is 16.2. The Kier molecular flexibility index (Phi) is 8.01. The third-order valence-corrected chi connectivity index (χ3v) is 5.47. The molecule has 26 heavy (non-hydrogen) atoms. The van der Waals surface area contributed by atoms with Crippen molar-refractivity contribution < 1.29 is 9.47 Å². The Morgan fingerprint density at radius 3 is 2.54 bits per heavy atom. The summed E-state index contributed by atoms with van der Waals surface area (Å²) in [4.78, 5) is 6.86. The Labute approximate surface area is 174 Å². The van der Waals surface area contributed by atoms with Crippen LogP contribution in [0.4, 0.5) is 0 Å². The molecule has 0 atom stereocenters. The molecule has 0 radical (unpaired) electrons. The summed E-state index contributed by atoms with van der Waals surface area (Å²) in [5.74, 6) is 2.01. The molecule has 1 aliphatic heterocycles. The third-order valence-electron chi connectivity index (χ3n) is 5.47. The first kappa shape index (κ1) is 21.3. The summed E-state index contributed by atoms with van der Waals surface area (Å²) in [5.41, 5.74) is 1.50. The van der Waals surface area contributed by atoms with Crippen LogP contribution in [0.1, 0.15) is 38.2 Å². The van der Waals surface area contributed by atoms with Gasteiger partial charge < -0.3 is 19.7 Å². The van der Waals surface area contributed by atoms with Crippen molar-refractivity contribution in [3.63, 3.8) is 0 Å². The second-order valence-electron chi connectivity index (χ2n) is 7.02. The van der Waals surface area contributed by atoms with Gasteiger partial charge in [-0.25, -0.2) is 0 Å². The summed E-state index contributed by atoms with van der Waals surface area (Å²) in [7, 11) is 3.63. The molecular weight excluding hydrogens is 441 g/mol. The molecule has 3 rings (SSSR count). The number of benzene rings is 1. The van der Waals surface area contributed by atoms with E-state index in [0.29, 0.717) is 6.10 Å². The van der Waals surface area contributed by atoms with Crippen LogP contribution < -0.4 is 10.1 Å². The Balaban J connectivity index is 0.00000243. The highest BCUT2D eigenvalue weighted by Gasteiger charge is 2.46. The van der Waals surface area contributed by atoms with E-state index in [9.17, 15) is 0 Å². The second kappa shape index (κ2) is 9.78. The van der Waals surface area contributed by atoms with Gasteiger partial charge in [-0.1, -0.05) is 18.2 Å². The normalized spacial score (nSPS) is 19.7. The van der Waals surface area contributed by atoms with Crippen molar-refractivity contribution in [1.29, 1.82) is 0 Å². The molecule has 0 unspecified atom stereocenters. The van der Waals surface area contributed by atoms with E-state index in [-0.39, 0.29) is 29.4 Å². The van der Waals surface area contributed by atoms with Crippen LogP contribution in [0.25, 0.3) is 0 Å². The minimum absolute atomic E-state index is 0. The molecule has 1 saturated carbocycles. The molecule has 1 aromatic carbocycles. The number of methoxy groups -OCH3 is 1. The van der Waals surface area contributed by atoms with Gasteiger partial charge in [0.15, 0.2) is 5.96 Å². The van der Waals surface area contributed by atoms with E-state index in [0.717, 1.165) is 50.8 Å². The number of likely N-dealkylation sites (tertiary alicyclic amines) is 1. The molecule has 1 N–H and O–H groups in total. The molecule has 5 nitrogen and oxygen atoms in total. The predicted octanol–water partition coefficient (Wildman–Crippen LogP) is 3.42. The first-order chi connectivity index (χ1) is 12.2. The Bertz CT molecular complexity index is 596. The lowest BCUT2D eigenvalue weighted by molar-refractivity contribution is 0.0263. The Hall–Kier alpha value is -1.02. The van der Waals surface area contributed by atoms with Gasteiger partial charge in [0.25, 0.3) is 0 Å². The quantitative estimate of drug-likeness (QED) is 0.391. The molecule has 146 valence electrons. The van der Waals surface area contributed by atoms with Crippen molar-refractivity contribution >= 4 is 29.9 Å². The fourth-order valence-corrected chi connectivity index (χ4v) is 3.83. The Morgan fingerprint density at radius 2 is 1.96 bits per heavy atom. The summed E-state index contributed by atoms with van der Waals surface area (Å²) in [5, 5.41) is 3.62. The van der Waals surface area contributed by atoms with Gasteiger partial charge in [0, 0.05) is 44.3 Å². The molecule has 0 spiro atoms. The predicted molar refractivity (Wildman–Crippen MR) is 117 cm³/mol. The van der Waals surface area contributed by atoms with Crippen LogP contribution in [0.2, 0.25) is 0 Å². The molecular formula is C20H32IN3O2.